The van der Waals surface area contributed by atoms with Crippen LogP contribution in [0.5, 0.6) is 0 Å². The third-order valence-corrected chi connectivity index (χ3v) is 2.87. The van der Waals surface area contributed by atoms with Crippen molar-refractivity contribution in [1.29, 1.82) is 0 Å². The number of rotatable bonds is 3. The highest BCUT2D eigenvalue weighted by Crippen LogP contribution is 2.16. The summed E-state index contributed by atoms with van der Waals surface area (Å²) in [6.07, 6.45) is 0.411. The predicted molar refractivity (Wildman–Crippen MR) is 74.7 cm³/mol. The Morgan fingerprint density at radius 1 is 1.06 bits per heavy atom. The molecule has 2 aromatic rings. The molecule has 0 unspecified atom stereocenters. The maximum absolute atomic E-state index is 11.9. The van der Waals surface area contributed by atoms with Gasteiger partial charge in [0.15, 0.2) is 0 Å². The van der Waals surface area contributed by atoms with Gasteiger partial charge in [0.1, 0.15) is 0 Å². The van der Waals surface area contributed by atoms with E-state index < -0.39 is 0 Å². The van der Waals surface area contributed by atoms with Crippen LogP contribution in [0.3, 0.4) is 0 Å². The Kier molecular flexibility index (Phi) is 3.78. The first-order valence-corrected chi connectivity index (χ1v) is 6.06. The molecule has 2 nitrogen and oxygen atoms in total. The highest BCUT2D eigenvalue weighted by Gasteiger charge is 2.05. The summed E-state index contributed by atoms with van der Waals surface area (Å²) in [6.45, 7) is 4.02. The molecule has 18 heavy (non-hydrogen) atoms. The lowest BCUT2D eigenvalue weighted by Crippen LogP contribution is -2.15. The molecule has 0 radical (unpaired) electrons. The molecule has 2 rings (SSSR count). The summed E-state index contributed by atoms with van der Waals surface area (Å²) < 4.78 is 0. The molecule has 0 atom stereocenters. The Balaban J connectivity index is 2.05. The second kappa shape index (κ2) is 5.50. The van der Waals surface area contributed by atoms with E-state index in [9.17, 15) is 4.79 Å². The van der Waals surface area contributed by atoms with Gasteiger partial charge in [0, 0.05) is 5.69 Å². The molecule has 2 heteroatoms. The molecule has 0 aliphatic rings. The van der Waals surface area contributed by atoms with Crippen molar-refractivity contribution in [2.24, 2.45) is 0 Å². The first-order valence-electron chi connectivity index (χ1n) is 6.06. The summed E-state index contributed by atoms with van der Waals surface area (Å²) in [5.41, 5.74) is 4.16. The number of amides is 1. The third-order valence-electron chi connectivity index (χ3n) is 2.87. The van der Waals surface area contributed by atoms with Gasteiger partial charge in [0.05, 0.1) is 6.42 Å². The van der Waals surface area contributed by atoms with E-state index in [1.807, 2.05) is 62.4 Å². The van der Waals surface area contributed by atoms with Crippen LogP contribution in [-0.4, -0.2) is 5.91 Å². The zero-order valence-electron chi connectivity index (χ0n) is 10.7. The smallest absolute Gasteiger partial charge is 0.228 e. The van der Waals surface area contributed by atoms with E-state index in [1.54, 1.807) is 0 Å². The van der Waals surface area contributed by atoms with Crippen LogP contribution >= 0.6 is 0 Å². The van der Waals surface area contributed by atoms with Crippen molar-refractivity contribution in [1.82, 2.24) is 0 Å². The molecular formula is C16H17NO. The maximum Gasteiger partial charge on any atom is 0.228 e. The highest BCUT2D eigenvalue weighted by atomic mass is 16.1. The van der Waals surface area contributed by atoms with Gasteiger partial charge in [-0.1, -0.05) is 42.5 Å². The third kappa shape index (κ3) is 3.20. The molecule has 1 amide bonds. The number of nitrogens with one attached hydrogen (secondary N) is 1. The average Bonchev–Trinajstić information content (AvgIpc) is 2.35. The minimum atomic E-state index is 0.0231. The van der Waals surface area contributed by atoms with E-state index in [0.717, 1.165) is 22.4 Å². The van der Waals surface area contributed by atoms with Gasteiger partial charge in [-0.15, -0.1) is 0 Å². The Morgan fingerprint density at radius 2 is 1.78 bits per heavy atom. The Morgan fingerprint density at radius 3 is 2.50 bits per heavy atom. The maximum atomic E-state index is 11.9. The average molecular weight is 239 g/mol. The predicted octanol–water partition coefficient (Wildman–Crippen LogP) is 3.48. The fraction of sp³-hybridized carbons (Fsp3) is 0.188. The molecule has 0 saturated heterocycles. The molecule has 0 aromatic heterocycles. The van der Waals surface area contributed by atoms with Crippen molar-refractivity contribution >= 4 is 11.6 Å². The highest BCUT2D eigenvalue weighted by molar-refractivity contribution is 5.93. The molecule has 0 aliphatic carbocycles. The summed E-state index contributed by atoms with van der Waals surface area (Å²) in [5.74, 6) is 0.0231. The zero-order chi connectivity index (χ0) is 13.0. The van der Waals surface area contributed by atoms with Crippen molar-refractivity contribution in [2.75, 3.05) is 5.32 Å². The molecule has 0 bridgehead atoms. The van der Waals surface area contributed by atoms with Crippen LogP contribution in [0.15, 0.2) is 48.5 Å². The van der Waals surface area contributed by atoms with Crippen LogP contribution in [0.25, 0.3) is 0 Å². The first kappa shape index (κ1) is 12.4. The van der Waals surface area contributed by atoms with Gasteiger partial charge in [0.25, 0.3) is 0 Å². The second-order valence-electron chi connectivity index (χ2n) is 4.53. The van der Waals surface area contributed by atoms with E-state index in [0.29, 0.717) is 6.42 Å². The number of benzene rings is 2. The summed E-state index contributed by atoms with van der Waals surface area (Å²) >= 11 is 0. The van der Waals surface area contributed by atoms with Crippen LogP contribution in [0.4, 0.5) is 5.69 Å². The summed E-state index contributed by atoms with van der Waals surface area (Å²) in [4.78, 5) is 11.9. The van der Waals surface area contributed by atoms with E-state index >= 15 is 0 Å². The molecule has 2 aromatic carbocycles. The Hall–Kier alpha value is -2.09. The van der Waals surface area contributed by atoms with E-state index in [2.05, 4.69) is 5.32 Å². The lowest BCUT2D eigenvalue weighted by atomic mass is 10.1. The number of hydrogen-bond acceptors (Lipinski definition) is 1. The Labute approximate surface area is 108 Å². The first-order chi connectivity index (χ1) is 8.65. The lowest BCUT2D eigenvalue weighted by molar-refractivity contribution is -0.115. The fourth-order valence-corrected chi connectivity index (χ4v) is 1.85. The summed E-state index contributed by atoms with van der Waals surface area (Å²) in [5, 5.41) is 2.96. The minimum absolute atomic E-state index is 0.0231. The van der Waals surface area contributed by atoms with Gasteiger partial charge in [-0.05, 0) is 36.6 Å². The van der Waals surface area contributed by atoms with E-state index in [-0.39, 0.29) is 5.91 Å². The van der Waals surface area contributed by atoms with Gasteiger partial charge < -0.3 is 5.32 Å². The largest absolute Gasteiger partial charge is 0.326 e. The SMILES string of the molecule is Cc1ccc(C)c(NC(=O)Cc2ccccc2)c1. The fourth-order valence-electron chi connectivity index (χ4n) is 1.85. The van der Waals surface area contributed by atoms with Crippen LogP contribution in [0.1, 0.15) is 16.7 Å². The zero-order valence-corrected chi connectivity index (χ0v) is 10.7. The van der Waals surface area contributed by atoms with Crippen molar-refractivity contribution in [3.8, 4) is 0 Å². The van der Waals surface area contributed by atoms with Gasteiger partial charge >= 0.3 is 0 Å². The second-order valence-corrected chi connectivity index (χ2v) is 4.53. The minimum Gasteiger partial charge on any atom is -0.326 e. The van der Waals surface area contributed by atoms with Crippen molar-refractivity contribution in [2.45, 2.75) is 20.3 Å². The van der Waals surface area contributed by atoms with Crippen LogP contribution in [0.2, 0.25) is 0 Å². The number of carbonyl (C=O) groups is 1. The number of anilines is 1. The number of aryl methyl sites for hydroxylation is 2. The normalized spacial score (nSPS) is 10.1. The Bertz CT molecular complexity index is 546. The van der Waals surface area contributed by atoms with Crippen molar-refractivity contribution < 1.29 is 4.79 Å². The molecule has 0 heterocycles. The van der Waals surface area contributed by atoms with Crippen molar-refractivity contribution in [3.05, 3.63) is 65.2 Å². The van der Waals surface area contributed by atoms with Gasteiger partial charge in [0.2, 0.25) is 5.91 Å². The van der Waals surface area contributed by atoms with Gasteiger partial charge in [-0.25, -0.2) is 0 Å². The van der Waals surface area contributed by atoms with Crippen LogP contribution in [-0.2, 0) is 11.2 Å². The molecule has 0 spiro atoms. The van der Waals surface area contributed by atoms with E-state index in [4.69, 9.17) is 0 Å². The van der Waals surface area contributed by atoms with Gasteiger partial charge in [-0.2, -0.15) is 0 Å². The number of carbonyl (C=O) groups excluding carboxylic acids is 1. The topological polar surface area (TPSA) is 29.1 Å². The van der Waals surface area contributed by atoms with Gasteiger partial charge in [-0.3, -0.25) is 4.79 Å². The standard InChI is InChI=1S/C16H17NO/c1-12-8-9-13(2)15(10-12)17-16(18)11-14-6-4-3-5-7-14/h3-10H,11H2,1-2H3,(H,17,18). The molecule has 92 valence electrons. The van der Waals surface area contributed by atoms with E-state index in [1.165, 1.54) is 0 Å². The summed E-state index contributed by atoms with van der Waals surface area (Å²) in [7, 11) is 0. The quantitative estimate of drug-likeness (QED) is 0.872. The molecule has 1 N–H and O–H groups in total. The monoisotopic (exact) mass is 239 g/mol. The molecule has 0 fully saturated rings. The van der Waals surface area contributed by atoms with Crippen molar-refractivity contribution in [3.63, 3.8) is 0 Å². The number of hydrogen-bond donors (Lipinski definition) is 1. The molecule has 0 saturated carbocycles. The van der Waals surface area contributed by atoms with Crippen LogP contribution in [0, 0.1) is 13.8 Å². The molecular weight excluding hydrogens is 222 g/mol. The van der Waals surface area contributed by atoms with Crippen LogP contribution < -0.4 is 5.32 Å². The lowest BCUT2D eigenvalue weighted by Gasteiger charge is -2.09. The summed E-state index contributed by atoms with van der Waals surface area (Å²) in [6, 6.07) is 15.8. The molecule has 0 aliphatic heterocycles.